The summed E-state index contributed by atoms with van der Waals surface area (Å²) in [6.07, 6.45) is 6.39. The van der Waals surface area contributed by atoms with Crippen LogP contribution < -0.4 is 5.32 Å². The van der Waals surface area contributed by atoms with Crippen LogP contribution in [0.15, 0.2) is 66.0 Å². The van der Waals surface area contributed by atoms with E-state index in [0.717, 1.165) is 30.0 Å². The summed E-state index contributed by atoms with van der Waals surface area (Å²) in [5, 5.41) is 21.3. The van der Waals surface area contributed by atoms with Crippen LogP contribution in [-0.2, 0) is 10.0 Å². The Morgan fingerprint density at radius 2 is 1.84 bits per heavy atom. The molecular weight excluding hydrogens is 488 g/mol. The Bertz CT molecular complexity index is 1770. The van der Waals surface area contributed by atoms with Crippen LogP contribution >= 0.6 is 0 Å². The van der Waals surface area contributed by atoms with E-state index < -0.39 is 10.0 Å². The summed E-state index contributed by atoms with van der Waals surface area (Å²) in [6, 6.07) is 14.3. The molecule has 3 unspecified atom stereocenters. The highest BCUT2D eigenvalue weighted by Gasteiger charge is 2.36. The summed E-state index contributed by atoms with van der Waals surface area (Å²) < 4.78 is 29.9. The zero-order valence-electron chi connectivity index (χ0n) is 20.3. The highest BCUT2D eigenvalue weighted by molar-refractivity contribution is 7.90. The third kappa shape index (κ3) is 3.90. The SMILES string of the molecule is Cc1ccc(S(=O)(=O)n2ccc3c2ncc2nnc(C4CC(Nc5ccc(C#N)cn5)CC4C)n23)cc1. The van der Waals surface area contributed by atoms with Gasteiger partial charge >= 0.3 is 0 Å². The van der Waals surface area contributed by atoms with E-state index in [2.05, 4.69) is 38.5 Å². The van der Waals surface area contributed by atoms with Crippen LogP contribution in [0, 0.1) is 24.2 Å². The minimum Gasteiger partial charge on any atom is -0.367 e. The molecule has 6 rings (SSSR count). The van der Waals surface area contributed by atoms with E-state index in [1.54, 1.807) is 48.8 Å². The number of hydrogen-bond acceptors (Lipinski definition) is 8. The molecule has 1 aliphatic rings. The number of pyridine rings is 1. The van der Waals surface area contributed by atoms with Crippen molar-refractivity contribution in [3.05, 3.63) is 78.0 Å². The summed E-state index contributed by atoms with van der Waals surface area (Å²) in [4.78, 5) is 8.98. The van der Waals surface area contributed by atoms with Crippen LogP contribution in [0.5, 0.6) is 0 Å². The number of anilines is 1. The smallest absolute Gasteiger partial charge is 0.269 e. The second-order valence-electron chi connectivity index (χ2n) is 9.59. The normalized spacial score (nSPS) is 19.9. The molecule has 0 saturated heterocycles. The number of nitrogens with zero attached hydrogens (tertiary/aromatic N) is 7. The molecule has 4 aromatic heterocycles. The van der Waals surface area contributed by atoms with E-state index in [1.807, 2.05) is 17.4 Å². The second kappa shape index (κ2) is 8.67. The van der Waals surface area contributed by atoms with E-state index >= 15 is 0 Å². The van der Waals surface area contributed by atoms with Crippen LogP contribution in [0.1, 0.15) is 42.6 Å². The number of aryl methyl sites for hydroxylation is 1. The molecule has 0 bridgehead atoms. The fraction of sp³-hybridized carbons (Fsp3) is 0.269. The van der Waals surface area contributed by atoms with Crippen LogP contribution in [0.25, 0.3) is 16.8 Å². The monoisotopic (exact) mass is 512 g/mol. The number of benzene rings is 1. The number of hydrogen-bond donors (Lipinski definition) is 1. The van der Waals surface area contributed by atoms with Crippen molar-refractivity contribution in [2.24, 2.45) is 5.92 Å². The lowest BCUT2D eigenvalue weighted by Gasteiger charge is -2.14. The van der Waals surface area contributed by atoms with Gasteiger partial charge in [-0.3, -0.25) is 4.40 Å². The predicted molar refractivity (Wildman–Crippen MR) is 138 cm³/mol. The molecule has 10 nitrogen and oxygen atoms in total. The number of rotatable bonds is 5. The molecule has 1 saturated carbocycles. The van der Waals surface area contributed by atoms with E-state index in [9.17, 15) is 8.42 Å². The maximum absolute atomic E-state index is 13.4. The van der Waals surface area contributed by atoms with Crippen LogP contribution in [0.3, 0.4) is 0 Å². The third-order valence-electron chi connectivity index (χ3n) is 7.10. The molecule has 186 valence electrons. The third-order valence-corrected chi connectivity index (χ3v) is 8.78. The molecule has 0 aliphatic heterocycles. The first-order valence-corrected chi connectivity index (χ1v) is 13.4. The lowest BCUT2D eigenvalue weighted by atomic mass is 9.97. The van der Waals surface area contributed by atoms with E-state index in [4.69, 9.17) is 5.26 Å². The first-order chi connectivity index (χ1) is 17.8. The summed E-state index contributed by atoms with van der Waals surface area (Å²) in [5.74, 6) is 1.93. The summed E-state index contributed by atoms with van der Waals surface area (Å²) in [6.45, 7) is 4.10. The Hall–Kier alpha value is -4.30. The average molecular weight is 513 g/mol. The average Bonchev–Trinajstić information content (AvgIpc) is 3.61. The molecule has 37 heavy (non-hydrogen) atoms. The molecule has 11 heteroatoms. The Balaban J connectivity index is 1.35. The zero-order valence-corrected chi connectivity index (χ0v) is 21.1. The second-order valence-corrected chi connectivity index (χ2v) is 11.4. The first-order valence-electron chi connectivity index (χ1n) is 12.0. The quantitative estimate of drug-likeness (QED) is 0.375. The van der Waals surface area contributed by atoms with E-state index in [-0.39, 0.29) is 16.9 Å². The first kappa shape index (κ1) is 23.1. The van der Waals surface area contributed by atoms with Crippen molar-refractivity contribution >= 4 is 32.7 Å². The maximum Gasteiger partial charge on any atom is 0.269 e. The van der Waals surface area contributed by atoms with Gasteiger partial charge in [0.2, 0.25) is 0 Å². The number of aromatic nitrogens is 6. The Labute approximate surface area is 213 Å². The van der Waals surface area contributed by atoms with Crippen molar-refractivity contribution in [2.75, 3.05) is 5.32 Å². The Kier molecular flexibility index (Phi) is 5.42. The molecule has 1 aliphatic carbocycles. The lowest BCUT2D eigenvalue weighted by Crippen LogP contribution is -2.16. The van der Waals surface area contributed by atoms with Gasteiger partial charge in [-0.05, 0) is 56.0 Å². The molecule has 1 aromatic carbocycles. The van der Waals surface area contributed by atoms with E-state index in [1.165, 1.54) is 10.2 Å². The fourth-order valence-corrected chi connectivity index (χ4v) is 6.49. The molecule has 4 heterocycles. The van der Waals surface area contributed by atoms with Crippen LogP contribution in [0.2, 0.25) is 0 Å². The van der Waals surface area contributed by atoms with Crippen molar-refractivity contribution in [3.63, 3.8) is 0 Å². The van der Waals surface area contributed by atoms with Gasteiger partial charge in [0.1, 0.15) is 17.7 Å². The zero-order chi connectivity index (χ0) is 25.7. The molecule has 3 atom stereocenters. The van der Waals surface area contributed by atoms with Gasteiger partial charge in [-0.25, -0.2) is 22.4 Å². The van der Waals surface area contributed by atoms with Gasteiger partial charge in [-0.2, -0.15) is 5.26 Å². The van der Waals surface area contributed by atoms with Gasteiger partial charge in [-0.1, -0.05) is 24.6 Å². The largest absolute Gasteiger partial charge is 0.367 e. The topological polar surface area (TPSA) is 131 Å². The number of fused-ring (bicyclic) bond motifs is 3. The molecular formula is C26H24N8O2S. The Morgan fingerprint density at radius 3 is 2.57 bits per heavy atom. The van der Waals surface area contributed by atoms with E-state index in [0.29, 0.717) is 28.3 Å². The molecule has 1 fully saturated rings. The van der Waals surface area contributed by atoms with Gasteiger partial charge in [0.15, 0.2) is 11.3 Å². The number of nitrogens with one attached hydrogen (secondary N) is 1. The van der Waals surface area contributed by atoms with Gasteiger partial charge in [0.05, 0.1) is 22.2 Å². The van der Waals surface area contributed by atoms with Crippen LogP contribution in [-0.4, -0.2) is 43.0 Å². The maximum atomic E-state index is 13.4. The minimum absolute atomic E-state index is 0.105. The minimum atomic E-state index is -3.82. The molecule has 5 aromatic rings. The molecule has 0 spiro atoms. The Morgan fingerprint density at radius 1 is 1.03 bits per heavy atom. The summed E-state index contributed by atoms with van der Waals surface area (Å²) in [7, 11) is -3.82. The summed E-state index contributed by atoms with van der Waals surface area (Å²) in [5.41, 5.74) is 3.05. The highest BCUT2D eigenvalue weighted by atomic mass is 32.2. The summed E-state index contributed by atoms with van der Waals surface area (Å²) >= 11 is 0. The van der Waals surface area contributed by atoms with Crippen molar-refractivity contribution < 1.29 is 8.42 Å². The van der Waals surface area contributed by atoms with Crippen molar-refractivity contribution in [3.8, 4) is 6.07 Å². The van der Waals surface area contributed by atoms with Gasteiger partial charge < -0.3 is 5.32 Å². The predicted octanol–water partition coefficient (Wildman–Crippen LogP) is 3.89. The lowest BCUT2D eigenvalue weighted by molar-refractivity contribution is 0.507. The van der Waals surface area contributed by atoms with Gasteiger partial charge in [0.25, 0.3) is 10.0 Å². The van der Waals surface area contributed by atoms with Crippen molar-refractivity contribution in [2.45, 2.75) is 43.5 Å². The molecule has 1 N–H and O–H groups in total. The fourth-order valence-electron chi connectivity index (χ4n) is 5.19. The van der Waals surface area contributed by atoms with Crippen molar-refractivity contribution in [1.82, 2.24) is 28.5 Å². The standard InChI is InChI=1S/C26H24N8O2S/c1-16-3-6-20(7-4-16)37(35,36)33-10-9-22-26(33)29-15-24-31-32-25(34(22)24)21-12-19(11-17(21)2)30-23-8-5-18(13-27)14-28-23/h3-10,14-15,17,19,21H,11-12H2,1-2H3,(H,28,30). The van der Waals surface area contributed by atoms with Crippen LogP contribution in [0.4, 0.5) is 5.82 Å². The molecule has 0 radical (unpaired) electrons. The van der Waals surface area contributed by atoms with Gasteiger partial charge in [0, 0.05) is 24.4 Å². The van der Waals surface area contributed by atoms with Crippen molar-refractivity contribution in [1.29, 1.82) is 5.26 Å². The van der Waals surface area contributed by atoms with Gasteiger partial charge in [-0.15, -0.1) is 10.2 Å². The molecule has 0 amide bonds. The number of nitriles is 1. The highest BCUT2D eigenvalue weighted by Crippen LogP contribution is 2.40.